The summed E-state index contributed by atoms with van der Waals surface area (Å²) in [5.74, 6) is 1.99. The summed E-state index contributed by atoms with van der Waals surface area (Å²) in [6, 6.07) is 8.43. The Bertz CT molecular complexity index is 1280. The minimum atomic E-state index is -3.41. The lowest BCUT2D eigenvalue weighted by Gasteiger charge is -2.57. The van der Waals surface area contributed by atoms with Crippen molar-refractivity contribution in [1.29, 1.82) is 0 Å². The second-order valence-corrected chi connectivity index (χ2v) is 12.9. The molecular weight excluding hydrogens is 432 g/mol. The highest BCUT2D eigenvalue weighted by atomic mass is 32.2. The van der Waals surface area contributed by atoms with Crippen molar-refractivity contribution in [2.45, 2.75) is 64.9 Å². The molecule has 2 fully saturated rings. The molecule has 33 heavy (non-hydrogen) atoms. The molecule has 0 saturated heterocycles. The molecule has 4 aliphatic rings. The molecule has 5 nitrogen and oxygen atoms in total. The van der Waals surface area contributed by atoms with Crippen LogP contribution in [-0.4, -0.2) is 30.3 Å². The van der Waals surface area contributed by atoms with Crippen LogP contribution in [0.3, 0.4) is 0 Å². The predicted octanol–water partition coefficient (Wildman–Crippen LogP) is 5.79. The van der Waals surface area contributed by atoms with E-state index in [1.54, 1.807) is 0 Å². The first-order valence-electron chi connectivity index (χ1n) is 12.4. The van der Waals surface area contributed by atoms with Gasteiger partial charge in [-0.15, -0.1) is 0 Å². The molecule has 0 spiro atoms. The number of benzene rings is 1. The van der Waals surface area contributed by atoms with Crippen molar-refractivity contribution in [3.8, 4) is 0 Å². The van der Waals surface area contributed by atoms with Crippen molar-refractivity contribution in [3.05, 3.63) is 48.3 Å². The highest BCUT2D eigenvalue weighted by Gasteiger charge is 2.57. The lowest BCUT2D eigenvalue weighted by atomic mass is 9.48. The third-order valence-electron chi connectivity index (χ3n) is 9.62. The highest BCUT2D eigenvalue weighted by Crippen LogP contribution is 2.65. The van der Waals surface area contributed by atoms with E-state index in [9.17, 15) is 8.42 Å². The molecular formula is C27H34N2O3S. The molecule has 1 aromatic heterocycles. The van der Waals surface area contributed by atoms with Gasteiger partial charge < -0.3 is 4.57 Å². The van der Waals surface area contributed by atoms with Gasteiger partial charge in [0.05, 0.1) is 23.4 Å². The average Bonchev–Trinajstić information content (AvgIpc) is 3.33. The Morgan fingerprint density at radius 2 is 1.82 bits per heavy atom. The van der Waals surface area contributed by atoms with Crippen molar-refractivity contribution in [2.75, 3.05) is 6.26 Å². The number of rotatable bonds is 3. The molecule has 176 valence electrons. The summed E-state index contributed by atoms with van der Waals surface area (Å²) in [5.41, 5.74) is 5.48. The Balaban J connectivity index is 1.29. The zero-order valence-electron chi connectivity index (χ0n) is 19.8. The van der Waals surface area contributed by atoms with Crippen LogP contribution >= 0.6 is 0 Å². The van der Waals surface area contributed by atoms with Crippen LogP contribution < -0.4 is 0 Å². The van der Waals surface area contributed by atoms with E-state index in [-0.39, 0.29) is 16.9 Å². The van der Waals surface area contributed by atoms with Gasteiger partial charge in [-0.25, -0.2) is 4.98 Å². The molecule has 2 aromatic rings. The van der Waals surface area contributed by atoms with E-state index in [0.29, 0.717) is 17.8 Å². The Kier molecular flexibility index (Phi) is 4.77. The summed E-state index contributed by atoms with van der Waals surface area (Å²) in [6.45, 7) is 4.93. The maximum absolute atomic E-state index is 11.7. The first kappa shape index (κ1) is 21.6. The highest BCUT2D eigenvalue weighted by molar-refractivity contribution is 7.86. The van der Waals surface area contributed by atoms with E-state index in [1.807, 2.05) is 6.33 Å². The second kappa shape index (κ2) is 7.29. The van der Waals surface area contributed by atoms with Crippen LogP contribution in [0.1, 0.15) is 58.8 Å². The molecule has 0 amide bonds. The van der Waals surface area contributed by atoms with Crippen molar-refractivity contribution in [1.82, 2.24) is 9.55 Å². The largest absolute Gasteiger partial charge is 0.302 e. The molecule has 2 saturated carbocycles. The summed E-state index contributed by atoms with van der Waals surface area (Å²) in [5, 5.41) is 0. The van der Waals surface area contributed by atoms with Gasteiger partial charge in [0.1, 0.15) is 6.33 Å². The van der Waals surface area contributed by atoms with E-state index in [1.165, 1.54) is 35.9 Å². The number of hydrogen-bond donors (Lipinski definition) is 0. The van der Waals surface area contributed by atoms with Crippen LogP contribution in [0, 0.1) is 28.6 Å². The van der Waals surface area contributed by atoms with Gasteiger partial charge in [-0.1, -0.05) is 43.7 Å². The van der Waals surface area contributed by atoms with E-state index in [4.69, 9.17) is 4.18 Å². The van der Waals surface area contributed by atoms with Gasteiger partial charge in [0.15, 0.2) is 0 Å². The minimum Gasteiger partial charge on any atom is -0.302 e. The second-order valence-electron chi connectivity index (χ2n) is 11.3. The average molecular weight is 467 g/mol. The Morgan fingerprint density at radius 3 is 2.64 bits per heavy atom. The van der Waals surface area contributed by atoms with Crippen molar-refractivity contribution in [3.63, 3.8) is 0 Å². The van der Waals surface area contributed by atoms with Gasteiger partial charge in [-0.05, 0) is 80.2 Å². The van der Waals surface area contributed by atoms with Gasteiger partial charge in [0, 0.05) is 11.1 Å². The fourth-order valence-electron chi connectivity index (χ4n) is 8.03. The lowest BCUT2D eigenvalue weighted by molar-refractivity contribution is -0.0216. The van der Waals surface area contributed by atoms with Gasteiger partial charge in [0.25, 0.3) is 10.1 Å². The maximum Gasteiger partial charge on any atom is 0.264 e. The number of fused-ring (bicyclic) bond motifs is 6. The number of nitrogens with zero attached hydrogens (tertiary/aromatic N) is 2. The van der Waals surface area contributed by atoms with Crippen molar-refractivity contribution >= 4 is 26.8 Å². The van der Waals surface area contributed by atoms with E-state index >= 15 is 0 Å². The molecule has 4 aliphatic carbocycles. The summed E-state index contributed by atoms with van der Waals surface area (Å²) in [7, 11) is -3.41. The van der Waals surface area contributed by atoms with E-state index < -0.39 is 10.1 Å². The molecule has 1 aromatic carbocycles. The van der Waals surface area contributed by atoms with Crippen LogP contribution in [0.4, 0.5) is 0 Å². The number of imidazole rings is 1. The first-order chi connectivity index (χ1) is 15.7. The van der Waals surface area contributed by atoms with Crippen LogP contribution in [0.5, 0.6) is 0 Å². The van der Waals surface area contributed by atoms with E-state index in [2.05, 4.69) is 59.8 Å². The lowest BCUT2D eigenvalue weighted by Crippen LogP contribution is -2.50. The summed E-state index contributed by atoms with van der Waals surface area (Å²) < 4.78 is 31.1. The predicted molar refractivity (Wildman–Crippen MR) is 131 cm³/mol. The Hall–Kier alpha value is -1.92. The molecule has 6 atom stereocenters. The smallest absolute Gasteiger partial charge is 0.264 e. The van der Waals surface area contributed by atoms with Crippen LogP contribution in [-0.2, 0) is 14.3 Å². The van der Waals surface area contributed by atoms with Crippen LogP contribution in [0.15, 0.2) is 48.3 Å². The molecule has 0 radical (unpaired) electrons. The van der Waals surface area contributed by atoms with Gasteiger partial charge in [-0.2, -0.15) is 8.42 Å². The Labute approximate surface area is 197 Å². The monoisotopic (exact) mass is 466 g/mol. The molecule has 0 N–H and O–H groups in total. The van der Waals surface area contributed by atoms with Gasteiger partial charge >= 0.3 is 0 Å². The quantitative estimate of drug-likeness (QED) is 0.424. The molecule has 0 aliphatic heterocycles. The number of aromatic nitrogens is 2. The first-order valence-corrected chi connectivity index (χ1v) is 14.2. The van der Waals surface area contributed by atoms with Crippen LogP contribution in [0.25, 0.3) is 16.7 Å². The molecule has 1 heterocycles. The maximum atomic E-state index is 11.7. The zero-order valence-corrected chi connectivity index (χ0v) is 20.6. The summed E-state index contributed by atoms with van der Waals surface area (Å²) >= 11 is 0. The zero-order chi connectivity index (χ0) is 23.0. The normalized spacial score (nSPS) is 38.3. The van der Waals surface area contributed by atoms with Gasteiger partial charge in [-0.3, -0.25) is 4.18 Å². The third kappa shape index (κ3) is 3.28. The van der Waals surface area contributed by atoms with Gasteiger partial charge in [0.2, 0.25) is 0 Å². The SMILES string of the molecule is C[C@]12CC[C@@H](OS(C)(=O)=O)CC1=CCC1C2CC[C@]2(C)C(n3cnc4ccccc43)=CCC12. The molecule has 0 bridgehead atoms. The van der Waals surface area contributed by atoms with E-state index in [0.717, 1.165) is 37.6 Å². The number of allylic oxidation sites excluding steroid dienone is 3. The van der Waals surface area contributed by atoms with Crippen molar-refractivity contribution in [2.24, 2.45) is 28.6 Å². The minimum absolute atomic E-state index is 0.170. The Morgan fingerprint density at radius 1 is 1.03 bits per heavy atom. The third-order valence-corrected chi connectivity index (χ3v) is 10.2. The van der Waals surface area contributed by atoms with Crippen molar-refractivity contribution < 1.29 is 12.6 Å². The fourth-order valence-corrected chi connectivity index (χ4v) is 8.68. The number of para-hydroxylation sites is 2. The molecule has 6 rings (SSSR count). The number of hydrogen-bond acceptors (Lipinski definition) is 4. The fraction of sp³-hybridized carbons (Fsp3) is 0.593. The summed E-state index contributed by atoms with van der Waals surface area (Å²) in [6.07, 6.45) is 15.2. The molecule has 6 heteroatoms. The summed E-state index contributed by atoms with van der Waals surface area (Å²) in [4.78, 5) is 4.67. The van der Waals surface area contributed by atoms with Crippen LogP contribution in [0.2, 0.25) is 0 Å². The standard InChI is InChI=1S/C27H34N2O3S/c1-26-14-12-19(32-33(3,30)31)16-18(26)8-9-20-21-10-11-25(27(21,2)15-13-22(20)26)29-17-28-23-6-4-5-7-24(23)29/h4-8,11,17,19-22H,9-10,12-16H2,1-3H3/t19-,20?,21?,22?,26+,27+/m1/s1. The topological polar surface area (TPSA) is 61.2 Å². The molecule has 3 unspecified atom stereocenters.